The number of benzene rings is 2. The number of carbonyl (C=O) groups is 1. The second kappa shape index (κ2) is 6.89. The van der Waals surface area contributed by atoms with Gasteiger partial charge in [-0.2, -0.15) is 0 Å². The Labute approximate surface area is 147 Å². The molecule has 1 amide bonds. The van der Waals surface area contributed by atoms with E-state index < -0.39 is 0 Å². The lowest BCUT2D eigenvalue weighted by Gasteiger charge is -2.38. The first kappa shape index (κ1) is 16.2. The number of aliphatic hydroxyl groups is 1. The van der Waals surface area contributed by atoms with E-state index >= 15 is 0 Å². The third-order valence-electron chi connectivity index (χ3n) is 5.29. The minimum Gasteiger partial charge on any atom is -0.493 e. The van der Waals surface area contributed by atoms with Gasteiger partial charge >= 0.3 is 0 Å². The fraction of sp³-hybridized carbons (Fsp3) is 0.381. The van der Waals surface area contributed by atoms with E-state index in [1.807, 2.05) is 36.4 Å². The van der Waals surface area contributed by atoms with Gasteiger partial charge in [-0.25, -0.2) is 0 Å². The summed E-state index contributed by atoms with van der Waals surface area (Å²) in [5.74, 6) is 1.17. The summed E-state index contributed by atoms with van der Waals surface area (Å²) in [6, 6.07) is 15.9. The number of hydrogen-bond acceptors (Lipinski definition) is 3. The van der Waals surface area contributed by atoms with Crippen LogP contribution in [0.25, 0.3) is 0 Å². The van der Waals surface area contributed by atoms with Crippen LogP contribution in [0.15, 0.2) is 48.5 Å². The fourth-order valence-electron chi connectivity index (χ4n) is 3.74. The van der Waals surface area contributed by atoms with Gasteiger partial charge in [-0.05, 0) is 54.5 Å². The van der Waals surface area contributed by atoms with Gasteiger partial charge in [0.25, 0.3) is 5.91 Å². The molecular weight excluding hydrogens is 314 g/mol. The summed E-state index contributed by atoms with van der Waals surface area (Å²) in [6.07, 6.45) is 2.94. The Bertz CT molecular complexity index is 753. The van der Waals surface area contributed by atoms with Crippen molar-refractivity contribution in [3.63, 3.8) is 0 Å². The number of ether oxygens (including phenoxy) is 1. The van der Waals surface area contributed by atoms with Crippen molar-refractivity contribution in [2.75, 3.05) is 6.61 Å². The molecular formula is C21H23NO3. The predicted molar refractivity (Wildman–Crippen MR) is 95.8 cm³/mol. The van der Waals surface area contributed by atoms with Gasteiger partial charge in [0.05, 0.1) is 12.7 Å². The Morgan fingerprint density at radius 2 is 2.00 bits per heavy atom. The summed E-state index contributed by atoms with van der Waals surface area (Å²) in [5.41, 5.74) is 2.99. The number of nitrogens with one attached hydrogen (secondary N) is 1. The van der Waals surface area contributed by atoms with E-state index in [9.17, 15) is 9.90 Å². The highest BCUT2D eigenvalue weighted by atomic mass is 16.5. The predicted octanol–water partition coefficient (Wildman–Crippen LogP) is 2.73. The summed E-state index contributed by atoms with van der Waals surface area (Å²) in [4.78, 5) is 12.8. The van der Waals surface area contributed by atoms with E-state index in [4.69, 9.17) is 4.74 Å². The summed E-state index contributed by atoms with van der Waals surface area (Å²) in [6.45, 7) is 0.691. The first-order chi connectivity index (χ1) is 12.2. The van der Waals surface area contributed by atoms with Crippen LogP contribution in [0.4, 0.5) is 0 Å². The lowest BCUT2D eigenvalue weighted by Crippen LogP contribution is -2.48. The van der Waals surface area contributed by atoms with E-state index in [1.165, 1.54) is 5.56 Å². The summed E-state index contributed by atoms with van der Waals surface area (Å²) in [7, 11) is 0. The Kier molecular flexibility index (Phi) is 4.45. The molecule has 0 radical (unpaired) electrons. The molecule has 1 aliphatic heterocycles. The highest BCUT2D eigenvalue weighted by molar-refractivity contribution is 5.94. The van der Waals surface area contributed by atoms with Gasteiger partial charge in [0.1, 0.15) is 5.75 Å². The van der Waals surface area contributed by atoms with Crippen LogP contribution >= 0.6 is 0 Å². The Morgan fingerprint density at radius 3 is 2.76 bits per heavy atom. The number of carbonyl (C=O) groups excluding carboxylic acids is 1. The molecule has 1 fully saturated rings. The lowest BCUT2D eigenvalue weighted by atomic mass is 9.75. The van der Waals surface area contributed by atoms with Gasteiger partial charge in [-0.3, -0.25) is 4.79 Å². The largest absolute Gasteiger partial charge is 0.493 e. The van der Waals surface area contributed by atoms with Crippen LogP contribution in [0, 0.1) is 5.92 Å². The Morgan fingerprint density at radius 1 is 1.20 bits per heavy atom. The SMILES string of the molecule is O=C(NC(Cc1ccccc1)C1CC(O)C1)c1ccc2c(c1)CCO2. The van der Waals surface area contributed by atoms with Gasteiger partial charge in [0.15, 0.2) is 0 Å². The molecule has 1 atom stereocenters. The van der Waals surface area contributed by atoms with E-state index in [0.717, 1.165) is 37.0 Å². The highest BCUT2D eigenvalue weighted by Crippen LogP contribution is 2.32. The van der Waals surface area contributed by atoms with Crippen molar-refractivity contribution in [1.29, 1.82) is 0 Å². The molecule has 2 aromatic rings. The van der Waals surface area contributed by atoms with Crippen molar-refractivity contribution in [2.24, 2.45) is 5.92 Å². The van der Waals surface area contributed by atoms with Crippen LogP contribution in [0.2, 0.25) is 0 Å². The first-order valence-electron chi connectivity index (χ1n) is 8.97. The van der Waals surface area contributed by atoms with Gasteiger partial charge in [-0.15, -0.1) is 0 Å². The monoisotopic (exact) mass is 337 g/mol. The summed E-state index contributed by atoms with van der Waals surface area (Å²) in [5, 5.41) is 12.9. The fourth-order valence-corrected chi connectivity index (χ4v) is 3.74. The zero-order valence-corrected chi connectivity index (χ0v) is 14.2. The van der Waals surface area contributed by atoms with Crippen molar-refractivity contribution in [3.05, 3.63) is 65.2 Å². The molecule has 1 unspecified atom stereocenters. The molecule has 2 aliphatic rings. The first-order valence-corrected chi connectivity index (χ1v) is 8.97. The van der Waals surface area contributed by atoms with Crippen molar-refractivity contribution in [1.82, 2.24) is 5.32 Å². The molecule has 2 aromatic carbocycles. The molecule has 4 nitrogen and oxygen atoms in total. The van der Waals surface area contributed by atoms with Crippen molar-refractivity contribution in [2.45, 2.75) is 37.8 Å². The number of fused-ring (bicyclic) bond motifs is 1. The molecule has 1 heterocycles. The smallest absolute Gasteiger partial charge is 0.251 e. The van der Waals surface area contributed by atoms with Crippen LogP contribution in [-0.2, 0) is 12.8 Å². The van der Waals surface area contributed by atoms with E-state index in [1.54, 1.807) is 0 Å². The number of rotatable bonds is 5. The average Bonchev–Trinajstić information content (AvgIpc) is 3.07. The zero-order valence-electron chi connectivity index (χ0n) is 14.2. The molecule has 0 saturated heterocycles. The molecule has 4 heteroatoms. The van der Waals surface area contributed by atoms with Crippen LogP contribution in [0.5, 0.6) is 5.75 Å². The molecule has 1 saturated carbocycles. The third-order valence-corrected chi connectivity index (χ3v) is 5.29. The molecule has 0 aromatic heterocycles. The number of amides is 1. The number of hydrogen-bond donors (Lipinski definition) is 2. The van der Waals surface area contributed by atoms with Gasteiger partial charge in [0, 0.05) is 18.0 Å². The molecule has 1 aliphatic carbocycles. The second-order valence-corrected chi connectivity index (χ2v) is 7.08. The molecule has 130 valence electrons. The number of aliphatic hydroxyl groups excluding tert-OH is 1. The topological polar surface area (TPSA) is 58.6 Å². The quantitative estimate of drug-likeness (QED) is 0.882. The van der Waals surface area contributed by atoms with Crippen LogP contribution in [0.1, 0.15) is 34.3 Å². The minimum atomic E-state index is -0.225. The molecule has 2 N–H and O–H groups in total. The van der Waals surface area contributed by atoms with Gasteiger partial charge in [-0.1, -0.05) is 30.3 Å². The van der Waals surface area contributed by atoms with E-state index in [2.05, 4.69) is 17.4 Å². The molecule has 0 spiro atoms. The van der Waals surface area contributed by atoms with Crippen molar-refractivity contribution < 1.29 is 14.6 Å². The minimum absolute atomic E-state index is 0.0443. The van der Waals surface area contributed by atoms with Crippen LogP contribution in [-0.4, -0.2) is 29.8 Å². The Balaban J connectivity index is 1.48. The van der Waals surface area contributed by atoms with Gasteiger partial charge < -0.3 is 15.2 Å². The summed E-state index contributed by atoms with van der Waals surface area (Å²) < 4.78 is 5.51. The maximum absolute atomic E-state index is 12.8. The van der Waals surface area contributed by atoms with Crippen LogP contribution in [0.3, 0.4) is 0 Å². The zero-order chi connectivity index (χ0) is 17.2. The Hall–Kier alpha value is -2.33. The molecule has 25 heavy (non-hydrogen) atoms. The average molecular weight is 337 g/mol. The molecule has 4 rings (SSSR count). The summed E-state index contributed by atoms with van der Waals surface area (Å²) >= 11 is 0. The lowest BCUT2D eigenvalue weighted by molar-refractivity contribution is 0.0239. The highest BCUT2D eigenvalue weighted by Gasteiger charge is 2.35. The second-order valence-electron chi connectivity index (χ2n) is 7.08. The molecule has 0 bridgehead atoms. The van der Waals surface area contributed by atoms with Crippen molar-refractivity contribution in [3.8, 4) is 5.75 Å². The van der Waals surface area contributed by atoms with Crippen LogP contribution < -0.4 is 10.1 Å². The van der Waals surface area contributed by atoms with Gasteiger partial charge in [0.2, 0.25) is 0 Å². The van der Waals surface area contributed by atoms with Crippen molar-refractivity contribution >= 4 is 5.91 Å². The standard InChI is InChI=1S/C21H23NO3/c23-18-12-17(13-18)19(10-14-4-2-1-3-5-14)22-21(24)16-6-7-20-15(11-16)8-9-25-20/h1-7,11,17-19,23H,8-10,12-13H2,(H,22,24). The van der Waals surface area contributed by atoms with E-state index in [0.29, 0.717) is 18.1 Å². The van der Waals surface area contributed by atoms with E-state index in [-0.39, 0.29) is 18.1 Å². The normalized spacial score (nSPS) is 22.4. The third kappa shape index (κ3) is 3.54. The maximum Gasteiger partial charge on any atom is 0.251 e. The maximum atomic E-state index is 12.8.